The summed E-state index contributed by atoms with van der Waals surface area (Å²) < 4.78 is 32.8. The Morgan fingerprint density at radius 3 is 2.34 bits per heavy atom. The minimum Gasteiger partial charge on any atom is -0.481 e. The van der Waals surface area contributed by atoms with Gasteiger partial charge in [-0.15, -0.1) is 0 Å². The second-order valence-corrected chi connectivity index (χ2v) is 8.50. The summed E-state index contributed by atoms with van der Waals surface area (Å²) in [6.07, 6.45) is 4.80. The number of fused-ring (bicyclic) bond motifs is 1. The molecule has 148 valence electrons. The highest BCUT2D eigenvalue weighted by molar-refractivity contribution is 7.87. The molecule has 1 aromatic carbocycles. The first kappa shape index (κ1) is 19.0. The quantitative estimate of drug-likeness (QED) is 0.503. The van der Waals surface area contributed by atoms with E-state index in [9.17, 15) is 8.42 Å². The molecule has 4 aromatic rings. The van der Waals surface area contributed by atoms with Crippen LogP contribution < -0.4 is 4.74 Å². The number of pyridine rings is 2. The van der Waals surface area contributed by atoms with Crippen molar-refractivity contribution in [2.75, 3.05) is 21.2 Å². The first-order valence-electron chi connectivity index (χ1n) is 8.79. The molecule has 0 aliphatic rings. The van der Waals surface area contributed by atoms with Crippen molar-refractivity contribution in [3.05, 3.63) is 61.1 Å². The van der Waals surface area contributed by atoms with Gasteiger partial charge in [-0.3, -0.25) is 4.98 Å². The van der Waals surface area contributed by atoms with Crippen molar-refractivity contribution in [3.63, 3.8) is 0 Å². The lowest BCUT2D eigenvalue weighted by molar-refractivity contribution is 0.403. The van der Waals surface area contributed by atoms with Gasteiger partial charge in [0, 0.05) is 43.0 Å². The van der Waals surface area contributed by atoms with Gasteiger partial charge in [-0.05, 0) is 23.6 Å². The molecule has 0 aliphatic heterocycles. The number of benzene rings is 1. The maximum absolute atomic E-state index is 12.7. The summed E-state index contributed by atoms with van der Waals surface area (Å²) >= 11 is 0. The largest absolute Gasteiger partial charge is 0.481 e. The van der Waals surface area contributed by atoms with Crippen LogP contribution in [0.25, 0.3) is 33.3 Å². The summed E-state index contributed by atoms with van der Waals surface area (Å²) in [7, 11) is 0.690. The Bertz CT molecular complexity index is 1280. The molecule has 0 atom stereocenters. The predicted molar refractivity (Wildman–Crippen MR) is 111 cm³/mol. The molecule has 4 rings (SSSR count). The van der Waals surface area contributed by atoms with Crippen molar-refractivity contribution in [1.82, 2.24) is 23.5 Å². The highest BCUT2D eigenvalue weighted by Crippen LogP contribution is 2.37. The SMILES string of the molecule is COc1ncc(-c2cn(S(=O)(=O)N(C)C)nc2-c2ccccn2)c2ccccc12. The molecule has 0 unspecified atom stereocenters. The Labute approximate surface area is 168 Å². The normalized spacial score (nSPS) is 11.9. The minimum atomic E-state index is -3.79. The fourth-order valence-electron chi connectivity index (χ4n) is 3.07. The summed E-state index contributed by atoms with van der Waals surface area (Å²) in [5, 5.41) is 6.06. The van der Waals surface area contributed by atoms with Gasteiger partial charge in [-0.1, -0.05) is 24.3 Å². The molecule has 0 fully saturated rings. The van der Waals surface area contributed by atoms with Crippen LogP contribution in [0.4, 0.5) is 0 Å². The van der Waals surface area contributed by atoms with Gasteiger partial charge in [-0.25, -0.2) is 4.98 Å². The van der Waals surface area contributed by atoms with Crippen molar-refractivity contribution in [3.8, 4) is 28.4 Å². The van der Waals surface area contributed by atoms with Gasteiger partial charge < -0.3 is 4.74 Å². The summed E-state index contributed by atoms with van der Waals surface area (Å²) in [4.78, 5) is 8.76. The van der Waals surface area contributed by atoms with Crippen LogP contribution in [0, 0.1) is 0 Å². The molecule has 0 saturated heterocycles. The molecule has 3 aromatic heterocycles. The lowest BCUT2D eigenvalue weighted by atomic mass is 10.00. The van der Waals surface area contributed by atoms with E-state index in [1.807, 2.05) is 30.3 Å². The molecule has 0 radical (unpaired) electrons. The number of ether oxygens (including phenoxy) is 1. The fourth-order valence-corrected chi connectivity index (χ4v) is 3.83. The van der Waals surface area contributed by atoms with Gasteiger partial charge in [0.1, 0.15) is 5.69 Å². The summed E-state index contributed by atoms with van der Waals surface area (Å²) in [6, 6.07) is 13.1. The number of rotatable bonds is 5. The molecule has 0 aliphatic carbocycles. The first-order valence-corrected chi connectivity index (χ1v) is 10.2. The van der Waals surface area contributed by atoms with Crippen molar-refractivity contribution in [2.24, 2.45) is 0 Å². The highest BCUT2D eigenvalue weighted by atomic mass is 32.2. The number of aromatic nitrogens is 4. The molecule has 9 heteroatoms. The van der Waals surface area contributed by atoms with Crippen molar-refractivity contribution >= 4 is 21.0 Å². The highest BCUT2D eigenvalue weighted by Gasteiger charge is 2.24. The standard InChI is InChI=1S/C20H19N5O3S/c1-24(2)29(26,27)25-13-17(19(23-25)18-10-6-7-11-21-18)16-12-22-20(28-3)15-9-5-4-8-14(15)16/h4-13H,1-3H3. The van der Waals surface area contributed by atoms with Gasteiger partial charge in [0.05, 0.1) is 19.0 Å². The predicted octanol–water partition coefficient (Wildman–Crippen LogP) is 2.82. The van der Waals surface area contributed by atoms with Crippen LogP contribution >= 0.6 is 0 Å². The molecule has 29 heavy (non-hydrogen) atoms. The lowest BCUT2D eigenvalue weighted by Crippen LogP contribution is -2.29. The van der Waals surface area contributed by atoms with E-state index < -0.39 is 10.2 Å². The van der Waals surface area contributed by atoms with Crippen LogP contribution in [0.15, 0.2) is 61.1 Å². The molecule has 0 spiro atoms. The van der Waals surface area contributed by atoms with E-state index in [-0.39, 0.29) is 0 Å². The van der Waals surface area contributed by atoms with E-state index >= 15 is 0 Å². The van der Waals surface area contributed by atoms with Crippen molar-refractivity contribution < 1.29 is 13.2 Å². The third-order valence-corrected chi connectivity index (χ3v) is 6.12. The van der Waals surface area contributed by atoms with E-state index in [1.165, 1.54) is 20.3 Å². The zero-order valence-electron chi connectivity index (χ0n) is 16.1. The Morgan fingerprint density at radius 2 is 1.69 bits per heavy atom. The van der Waals surface area contributed by atoms with Crippen LogP contribution in [-0.4, -0.2) is 53.1 Å². The number of methoxy groups -OCH3 is 1. The third kappa shape index (κ3) is 3.24. The Kier molecular flexibility index (Phi) is 4.77. The van der Waals surface area contributed by atoms with Gasteiger partial charge in [0.15, 0.2) is 0 Å². The van der Waals surface area contributed by atoms with Gasteiger partial charge in [0.25, 0.3) is 0 Å². The van der Waals surface area contributed by atoms with Crippen LogP contribution in [-0.2, 0) is 10.2 Å². The van der Waals surface area contributed by atoms with E-state index in [0.29, 0.717) is 22.8 Å². The van der Waals surface area contributed by atoms with Gasteiger partial charge in [-0.2, -0.15) is 21.9 Å². The van der Waals surface area contributed by atoms with Crippen LogP contribution in [0.5, 0.6) is 5.88 Å². The Balaban J connectivity index is 2.04. The zero-order chi connectivity index (χ0) is 20.6. The first-order chi connectivity index (χ1) is 13.9. The Morgan fingerprint density at radius 1 is 0.966 bits per heavy atom. The smallest absolute Gasteiger partial charge is 0.322 e. The van der Waals surface area contributed by atoms with E-state index in [2.05, 4.69) is 15.1 Å². The van der Waals surface area contributed by atoms with Crippen LogP contribution in [0.1, 0.15) is 0 Å². The van der Waals surface area contributed by atoms with Gasteiger partial charge in [0.2, 0.25) is 5.88 Å². The van der Waals surface area contributed by atoms with E-state index in [1.54, 1.807) is 31.6 Å². The average Bonchev–Trinajstić information content (AvgIpc) is 3.19. The van der Waals surface area contributed by atoms with Crippen molar-refractivity contribution in [1.29, 1.82) is 0 Å². The molecule has 3 heterocycles. The van der Waals surface area contributed by atoms with Crippen molar-refractivity contribution in [2.45, 2.75) is 0 Å². The maximum Gasteiger partial charge on any atom is 0.322 e. The van der Waals surface area contributed by atoms with Crippen LogP contribution in [0.2, 0.25) is 0 Å². The molecule has 0 bridgehead atoms. The summed E-state index contributed by atoms with van der Waals surface area (Å²) in [5.41, 5.74) is 2.37. The monoisotopic (exact) mass is 409 g/mol. The minimum absolute atomic E-state index is 0.452. The topological polar surface area (TPSA) is 90.2 Å². The number of hydrogen-bond acceptors (Lipinski definition) is 6. The fraction of sp³-hybridized carbons (Fsp3) is 0.150. The average molecular weight is 409 g/mol. The van der Waals surface area contributed by atoms with Gasteiger partial charge >= 0.3 is 10.2 Å². The third-order valence-electron chi connectivity index (χ3n) is 4.54. The lowest BCUT2D eigenvalue weighted by Gasteiger charge is -2.10. The van der Waals surface area contributed by atoms with Crippen LogP contribution in [0.3, 0.4) is 0 Å². The molecule has 8 nitrogen and oxygen atoms in total. The molecular weight excluding hydrogens is 390 g/mol. The Hall–Kier alpha value is -3.30. The molecule has 0 amide bonds. The summed E-state index contributed by atoms with van der Waals surface area (Å²) in [5.74, 6) is 0.497. The maximum atomic E-state index is 12.7. The van der Waals surface area contributed by atoms with E-state index in [0.717, 1.165) is 24.7 Å². The zero-order valence-corrected chi connectivity index (χ0v) is 17.0. The molecular formula is C20H19N5O3S. The second kappa shape index (κ2) is 7.26. The molecule has 0 saturated carbocycles. The number of hydrogen-bond donors (Lipinski definition) is 0. The summed E-state index contributed by atoms with van der Waals surface area (Å²) in [6.45, 7) is 0. The second-order valence-electron chi connectivity index (χ2n) is 6.50. The molecule has 0 N–H and O–H groups in total. The number of nitrogens with zero attached hydrogens (tertiary/aromatic N) is 5. The van der Waals surface area contributed by atoms with E-state index in [4.69, 9.17) is 4.74 Å².